The van der Waals surface area contributed by atoms with Crippen molar-refractivity contribution in [2.45, 2.75) is 25.7 Å². The summed E-state index contributed by atoms with van der Waals surface area (Å²) in [7, 11) is 2.19. The van der Waals surface area contributed by atoms with Crippen molar-refractivity contribution < 1.29 is 0 Å². The van der Waals surface area contributed by atoms with Crippen molar-refractivity contribution in [3.8, 4) is 0 Å². The third kappa shape index (κ3) is 3.16. The lowest BCUT2D eigenvalue weighted by atomic mass is 9.93. The van der Waals surface area contributed by atoms with E-state index in [-0.39, 0.29) is 0 Å². The van der Waals surface area contributed by atoms with Crippen molar-refractivity contribution in [3.05, 3.63) is 35.0 Å². The molecule has 5 heteroatoms. The number of nitrogens with one attached hydrogen (secondary N) is 1. The molecule has 4 nitrogen and oxygen atoms in total. The number of pyridine rings is 1. The number of anilines is 2. The zero-order valence-electron chi connectivity index (χ0n) is 12.0. The fourth-order valence-corrected chi connectivity index (χ4v) is 3.25. The quantitative estimate of drug-likeness (QED) is 0.940. The Labute approximate surface area is 123 Å². The van der Waals surface area contributed by atoms with Crippen molar-refractivity contribution in [1.82, 2.24) is 14.9 Å². The van der Waals surface area contributed by atoms with Crippen LogP contribution in [0.25, 0.3) is 0 Å². The SMILES string of the molecule is Cc1cnc(Nc2cccc(C3CCN(C)CC3)n2)s1. The summed E-state index contributed by atoms with van der Waals surface area (Å²) in [6.07, 6.45) is 4.28. The van der Waals surface area contributed by atoms with Crippen LogP contribution in [0.5, 0.6) is 0 Å². The van der Waals surface area contributed by atoms with Crippen molar-refractivity contribution >= 4 is 22.3 Å². The molecule has 1 saturated heterocycles. The number of aryl methyl sites for hydroxylation is 1. The lowest BCUT2D eigenvalue weighted by Crippen LogP contribution is -2.29. The summed E-state index contributed by atoms with van der Waals surface area (Å²) in [5, 5.41) is 4.21. The molecule has 20 heavy (non-hydrogen) atoms. The molecular weight excluding hydrogens is 268 g/mol. The molecular formula is C15H20N4S. The van der Waals surface area contributed by atoms with Gasteiger partial charge in [0.1, 0.15) is 5.82 Å². The van der Waals surface area contributed by atoms with Gasteiger partial charge in [-0.2, -0.15) is 0 Å². The van der Waals surface area contributed by atoms with Crippen molar-refractivity contribution in [2.24, 2.45) is 0 Å². The fraction of sp³-hybridized carbons (Fsp3) is 0.467. The van der Waals surface area contributed by atoms with Crippen LogP contribution in [0, 0.1) is 6.92 Å². The minimum atomic E-state index is 0.589. The molecule has 0 atom stereocenters. The zero-order chi connectivity index (χ0) is 13.9. The molecule has 1 N–H and O–H groups in total. The summed E-state index contributed by atoms with van der Waals surface area (Å²) >= 11 is 1.66. The van der Waals surface area contributed by atoms with E-state index >= 15 is 0 Å². The number of piperidine rings is 1. The van der Waals surface area contributed by atoms with Gasteiger partial charge < -0.3 is 10.2 Å². The number of aromatic nitrogens is 2. The Kier molecular flexibility index (Phi) is 3.98. The Morgan fingerprint density at radius 2 is 2.10 bits per heavy atom. The second-order valence-electron chi connectivity index (χ2n) is 5.43. The molecule has 1 aliphatic heterocycles. The van der Waals surface area contributed by atoms with Crippen LogP contribution in [-0.4, -0.2) is 35.0 Å². The first kappa shape index (κ1) is 13.5. The first-order valence-electron chi connectivity index (χ1n) is 7.05. The van der Waals surface area contributed by atoms with Crippen LogP contribution < -0.4 is 5.32 Å². The van der Waals surface area contributed by atoms with Gasteiger partial charge in [-0.05, 0) is 52.0 Å². The van der Waals surface area contributed by atoms with E-state index in [2.05, 4.69) is 41.3 Å². The monoisotopic (exact) mass is 288 g/mol. The predicted octanol–water partition coefficient (Wildman–Crippen LogP) is 3.40. The third-order valence-corrected chi connectivity index (χ3v) is 4.59. The summed E-state index contributed by atoms with van der Waals surface area (Å²) in [5.74, 6) is 1.49. The molecule has 0 spiro atoms. The Morgan fingerprint density at radius 1 is 1.30 bits per heavy atom. The van der Waals surface area contributed by atoms with E-state index in [1.807, 2.05) is 12.3 Å². The van der Waals surface area contributed by atoms with Gasteiger partial charge >= 0.3 is 0 Å². The molecule has 0 unspecified atom stereocenters. The van der Waals surface area contributed by atoms with E-state index in [4.69, 9.17) is 4.98 Å². The Hall–Kier alpha value is -1.46. The lowest BCUT2D eigenvalue weighted by Gasteiger charge is -2.28. The molecule has 1 fully saturated rings. The maximum Gasteiger partial charge on any atom is 0.188 e. The van der Waals surface area contributed by atoms with Crippen molar-refractivity contribution in [3.63, 3.8) is 0 Å². The molecule has 0 saturated carbocycles. The Bertz CT molecular complexity index is 573. The number of likely N-dealkylation sites (tertiary alicyclic amines) is 1. The van der Waals surface area contributed by atoms with E-state index in [1.54, 1.807) is 11.3 Å². The Balaban J connectivity index is 1.72. The van der Waals surface area contributed by atoms with Gasteiger partial charge in [0.2, 0.25) is 0 Å². The Morgan fingerprint density at radius 3 is 2.80 bits per heavy atom. The molecule has 1 aliphatic rings. The first-order chi connectivity index (χ1) is 9.70. The van der Waals surface area contributed by atoms with E-state index in [0.29, 0.717) is 5.92 Å². The molecule has 0 radical (unpaired) electrons. The second-order valence-corrected chi connectivity index (χ2v) is 6.66. The number of hydrogen-bond acceptors (Lipinski definition) is 5. The summed E-state index contributed by atoms with van der Waals surface area (Å²) in [5.41, 5.74) is 1.20. The van der Waals surface area contributed by atoms with Gasteiger partial charge in [-0.3, -0.25) is 0 Å². The summed E-state index contributed by atoms with van der Waals surface area (Å²) < 4.78 is 0. The number of thiazole rings is 1. The smallest absolute Gasteiger partial charge is 0.188 e. The molecule has 3 rings (SSSR count). The van der Waals surface area contributed by atoms with Crippen LogP contribution in [0.4, 0.5) is 10.9 Å². The van der Waals surface area contributed by atoms with Crippen LogP contribution in [0.3, 0.4) is 0 Å². The maximum atomic E-state index is 4.76. The maximum absolute atomic E-state index is 4.76. The molecule has 0 aromatic carbocycles. The standard InChI is InChI=1S/C15H20N4S/c1-11-10-16-15(20-11)18-14-5-3-4-13(17-14)12-6-8-19(2)9-7-12/h3-5,10,12H,6-9H2,1-2H3,(H,16,17,18). The van der Waals surface area contributed by atoms with E-state index in [1.165, 1.54) is 23.4 Å². The normalized spacial score (nSPS) is 17.3. The van der Waals surface area contributed by atoms with Crippen LogP contribution >= 0.6 is 11.3 Å². The van der Waals surface area contributed by atoms with Gasteiger partial charge in [0.15, 0.2) is 5.13 Å². The van der Waals surface area contributed by atoms with E-state index < -0.39 is 0 Å². The number of rotatable bonds is 3. The third-order valence-electron chi connectivity index (χ3n) is 3.76. The molecule has 2 aromatic rings. The molecule has 106 valence electrons. The summed E-state index contributed by atoms with van der Waals surface area (Å²) in [4.78, 5) is 12.7. The van der Waals surface area contributed by atoms with Gasteiger partial charge in [-0.25, -0.2) is 9.97 Å². The lowest BCUT2D eigenvalue weighted by molar-refractivity contribution is 0.253. The summed E-state index contributed by atoms with van der Waals surface area (Å²) in [6.45, 7) is 4.39. The van der Waals surface area contributed by atoms with Crippen molar-refractivity contribution in [2.75, 3.05) is 25.5 Å². The molecule has 2 aromatic heterocycles. The average Bonchev–Trinajstić information content (AvgIpc) is 2.85. The minimum Gasteiger partial charge on any atom is -0.316 e. The van der Waals surface area contributed by atoms with Crippen LogP contribution in [0.15, 0.2) is 24.4 Å². The van der Waals surface area contributed by atoms with Gasteiger partial charge in [0.05, 0.1) is 0 Å². The predicted molar refractivity (Wildman–Crippen MR) is 83.8 cm³/mol. The van der Waals surface area contributed by atoms with Crippen LogP contribution in [-0.2, 0) is 0 Å². The largest absolute Gasteiger partial charge is 0.316 e. The highest BCUT2D eigenvalue weighted by Crippen LogP contribution is 2.28. The summed E-state index contributed by atoms with van der Waals surface area (Å²) in [6, 6.07) is 6.24. The van der Waals surface area contributed by atoms with Crippen LogP contribution in [0.1, 0.15) is 29.3 Å². The van der Waals surface area contributed by atoms with E-state index in [9.17, 15) is 0 Å². The molecule has 3 heterocycles. The topological polar surface area (TPSA) is 41.1 Å². The molecule has 0 bridgehead atoms. The highest BCUT2D eigenvalue weighted by Gasteiger charge is 2.19. The van der Waals surface area contributed by atoms with Gasteiger partial charge in [-0.15, -0.1) is 11.3 Å². The minimum absolute atomic E-state index is 0.589. The average molecular weight is 288 g/mol. The second kappa shape index (κ2) is 5.89. The molecule has 0 aliphatic carbocycles. The number of nitrogens with zero attached hydrogens (tertiary/aromatic N) is 3. The highest BCUT2D eigenvalue weighted by molar-refractivity contribution is 7.15. The highest BCUT2D eigenvalue weighted by atomic mass is 32.1. The van der Waals surface area contributed by atoms with Gasteiger partial charge in [-0.1, -0.05) is 6.07 Å². The first-order valence-corrected chi connectivity index (χ1v) is 7.87. The number of hydrogen-bond donors (Lipinski definition) is 1. The van der Waals surface area contributed by atoms with Crippen molar-refractivity contribution in [1.29, 1.82) is 0 Å². The fourth-order valence-electron chi connectivity index (χ4n) is 2.57. The van der Waals surface area contributed by atoms with Gasteiger partial charge in [0, 0.05) is 22.7 Å². The van der Waals surface area contributed by atoms with E-state index in [0.717, 1.165) is 24.0 Å². The van der Waals surface area contributed by atoms with Crippen LogP contribution in [0.2, 0.25) is 0 Å². The molecule has 0 amide bonds. The van der Waals surface area contributed by atoms with Gasteiger partial charge in [0.25, 0.3) is 0 Å². The zero-order valence-corrected chi connectivity index (χ0v) is 12.8.